The Morgan fingerprint density at radius 1 is 1.11 bits per heavy atom. The maximum atomic E-state index is 13.0. The molecule has 0 spiro atoms. The number of nitrogens with two attached hydrogens (primary N) is 1. The number of para-hydroxylation sites is 1. The van der Waals surface area contributed by atoms with Gasteiger partial charge in [0.05, 0.1) is 10.8 Å². The van der Waals surface area contributed by atoms with Gasteiger partial charge in [0.15, 0.2) is 0 Å². The number of carboxylic acid groups (broad SMARTS) is 1. The van der Waals surface area contributed by atoms with Crippen molar-refractivity contribution in [3.63, 3.8) is 0 Å². The van der Waals surface area contributed by atoms with Crippen LogP contribution in [-0.2, 0) is 14.8 Å². The zero-order valence-corrected chi connectivity index (χ0v) is 16.4. The van der Waals surface area contributed by atoms with Gasteiger partial charge in [-0.2, -0.15) is 4.31 Å². The van der Waals surface area contributed by atoms with Crippen molar-refractivity contribution in [1.82, 2.24) is 4.31 Å². The Hall–Kier alpha value is -2.42. The number of hydrogen-bond acceptors (Lipinski definition) is 5. The Labute approximate surface area is 164 Å². The monoisotopic (exact) mass is 404 g/mol. The van der Waals surface area contributed by atoms with Crippen LogP contribution in [-0.4, -0.2) is 42.9 Å². The summed E-state index contributed by atoms with van der Waals surface area (Å²) in [6, 6.07) is 13.3. The molecule has 1 saturated heterocycles. The van der Waals surface area contributed by atoms with Crippen LogP contribution in [0.2, 0.25) is 0 Å². The Morgan fingerprint density at radius 2 is 1.79 bits per heavy atom. The number of aryl methyl sites for hydroxylation is 1. The van der Waals surface area contributed by atoms with E-state index < -0.39 is 21.9 Å². The van der Waals surface area contributed by atoms with Gasteiger partial charge < -0.3 is 15.6 Å². The van der Waals surface area contributed by atoms with Gasteiger partial charge in [-0.3, -0.25) is 4.79 Å². The van der Waals surface area contributed by atoms with E-state index >= 15 is 0 Å². The molecule has 1 fully saturated rings. The number of ether oxygens (including phenoxy) is 1. The first-order valence-corrected chi connectivity index (χ1v) is 10.5. The molecular formula is C20H24N2O5S. The van der Waals surface area contributed by atoms with Crippen LogP contribution in [0.15, 0.2) is 53.4 Å². The average Bonchev–Trinajstić information content (AvgIpc) is 2.86. The summed E-state index contributed by atoms with van der Waals surface area (Å²) in [7, 11) is -3.85. The van der Waals surface area contributed by atoms with Gasteiger partial charge in [-0.25, -0.2) is 8.42 Å². The lowest BCUT2D eigenvalue weighted by Crippen LogP contribution is -2.41. The smallest absolute Gasteiger partial charge is 0.307 e. The van der Waals surface area contributed by atoms with Gasteiger partial charge in [0.2, 0.25) is 10.0 Å². The molecule has 0 amide bonds. The van der Waals surface area contributed by atoms with E-state index in [0.717, 1.165) is 5.56 Å². The largest absolute Gasteiger partial charge is 0.481 e. The van der Waals surface area contributed by atoms with Crippen molar-refractivity contribution in [2.45, 2.75) is 30.7 Å². The minimum atomic E-state index is -3.85. The first-order valence-electron chi connectivity index (χ1n) is 9.09. The number of rotatable bonds is 5. The van der Waals surface area contributed by atoms with Gasteiger partial charge in [-0.1, -0.05) is 18.2 Å². The molecule has 0 aromatic heterocycles. The second-order valence-corrected chi connectivity index (χ2v) is 8.97. The van der Waals surface area contributed by atoms with E-state index in [1.54, 1.807) is 12.1 Å². The van der Waals surface area contributed by atoms with Gasteiger partial charge in [-0.05, 0) is 55.7 Å². The van der Waals surface area contributed by atoms with E-state index in [-0.39, 0.29) is 24.0 Å². The predicted molar refractivity (Wildman–Crippen MR) is 105 cm³/mol. The molecule has 1 aliphatic heterocycles. The molecule has 3 N–H and O–H groups in total. The molecule has 0 radical (unpaired) electrons. The molecule has 0 saturated carbocycles. The van der Waals surface area contributed by atoms with Crippen molar-refractivity contribution in [2.75, 3.05) is 13.1 Å². The molecule has 1 heterocycles. The summed E-state index contributed by atoms with van der Waals surface area (Å²) in [5.74, 6) is -0.548. The zero-order valence-electron chi connectivity index (χ0n) is 15.6. The summed E-state index contributed by atoms with van der Waals surface area (Å²) in [6.45, 7) is 1.95. The molecule has 2 atom stereocenters. The van der Waals surface area contributed by atoms with E-state index in [1.807, 2.05) is 31.2 Å². The molecular weight excluding hydrogens is 380 g/mol. The highest BCUT2D eigenvalue weighted by Gasteiger charge is 2.34. The molecule has 7 nitrogen and oxygen atoms in total. The first kappa shape index (κ1) is 20.3. The van der Waals surface area contributed by atoms with Gasteiger partial charge in [-0.15, -0.1) is 0 Å². The van der Waals surface area contributed by atoms with Gasteiger partial charge in [0.1, 0.15) is 11.5 Å². The van der Waals surface area contributed by atoms with Crippen LogP contribution in [0.5, 0.6) is 11.5 Å². The van der Waals surface area contributed by atoms with Crippen molar-refractivity contribution in [3.05, 3.63) is 54.1 Å². The Morgan fingerprint density at radius 3 is 2.43 bits per heavy atom. The van der Waals surface area contributed by atoms with Crippen molar-refractivity contribution in [1.29, 1.82) is 0 Å². The van der Waals surface area contributed by atoms with Crippen LogP contribution in [0.25, 0.3) is 0 Å². The molecule has 28 heavy (non-hydrogen) atoms. The Kier molecular flexibility index (Phi) is 6.02. The van der Waals surface area contributed by atoms with Crippen LogP contribution in [0.1, 0.15) is 18.4 Å². The lowest BCUT2D eigenvalue weighted by Gasteiger charge is -2.23. The fourth-order valence-electron chi connectivity index (χ4n) is 3.20. The molecule has 1 aliphatic rings. The quantitative estimate of drug-likeness (QED) is 0.793. The number of aliphatic carboxylic acids is 1. The third kappa shape index (κ3) is 4.52. The molecule has 0 bridgehead atoms. The summed E-state index contributed by atoms with van der Waals surface area (Å²) in [6.07, 6.45) is 0.845. The van der Waals surface area contributed by atoms with Gasteiger partial charge >= 0.3 is 5.97 Å². The number of hydrogen-bond donors (Lipinski definition) is 2. The summed E-state index contributed by atoms with van der Waals surface area (Å²) in [4.78, 5) is 11.5. The number of benzene rings is 2. The van der Waals surface area contributed by atoms with Crippen LogP contribution in [0, 0.1) is 12.8 Å². The second kappa shape index (κ2) is 8.30. The third-order valence-corrected chi connectivity index (χ3v) is 6.73. The second-order valence-electron chi connectivity index (χ2n) is 7.03. The van der Waals surface area contributed by atoms with Crippen molar-refractivity contribution >= 4 is 16.0 Å². The average molecular weight is 404 g/mol. The van der Waals surface area contributed by atoms with Crippen LogP contribution in [0.3, 0.4) is 0 Å². The molecule has 150 valence electrons. The fraction of sp³-hybridized carbons (Fsp3) is 0.350. The van der Waals surface area contributed by atoms with Crippen LogP contribution in [0.4, 0.5) is 0 Å². The molecule has 3 rings (SSSR count). The summed E-state index contributed by atoms with van der Waals surface area (Å²) >= 11 is 0. The molecule has 0 aliphatic carbocycles. The minimum Gasteiger partial charge on any atom is -0.481 e. The first-order chi connectivity index (χ1) is 13.3. The highest BCUT2D eigenvalue weighted by atomic mass is 32.2. The maximum Gasteiger partial charge on any atom is 0.307 e. The van der Waals surface area contributed by atoms with Crippen molar-refractivity contribution < 1.29 is 23.1 Å². The van der Waals surface area contributed by atoms with E-state index in [2.05, 4.69) is 0 Å². The third-order valence-electron chi connectivity index (χ3n) is 4.88. The summed E-state index contributed by atoms with van der Waals surface area (Å²) in [5.41, 5.74) is 6.94. The minimum absolute atomic E-state index is 0.0766. The maximum absolute atomic E-state index is 13.0. The van der Waals surface area contributed by atoms with E-state index in [9.17, 15) is 18.3 Å². The van der Waals surface area contributed by atoms with Crippen LogP contribution < -0.4 is 10.5 Å². The molecule has 2 aromatic carbocycles. The molecule has 8 heteroatoms. The zero-order chi connectivity index (χ0) is 20.3. The predicted octanol–water partition coefficient (Wildman–Crippen LogP) is 2.60. The standard InChI is InChI=1S/C20H24N2O5S/c1-14-4-2-3-5-19(14)27-17-8-10-18(11-9-17)28(25,26)22-12-15(20(23)24)6-7-16(21)13-22/h2-5,8-11,15-16H,6-7,12-13,21H2,1H3,(H,23,24)/t15-,16+/m0/s1. The number of sulfonamides is 1. The van der Waals surface area contributed by atoms with Crippen molar-refractivity contribution in [3.8, 4) is 11.5 Å². The highest BCUT2D eigenvalue weighted by Crippen LogP contribution is 2.28. The number of nitrogens with zero attached hydrogens (tertiary/aromatic N) is 1. The SMILES string of the molecule is Cc1ccccc1Oc1ccc(S(=O)(=O)N2C[C@H](N)CC[C@H](C(=O)O)C2)cc1. The van der Waals surface area contributed by atoms with Crippen molar-refractivity contribution in [2.24, 2.45) is 11.7 Å². The van der Waals surface area contributed by atoms with E-state index in [1.165, 1.54) is 16.4 Å². The highest BCUT2D eigenvalue weighted by molar-refractivity contribution is 7.89. The van der Waals surface area contributed by atoms with Crippen LogP contribution >= 0.6 is 0 Å². The summed E-state index contributed by atoms with van der Waals surface area (Å²) in [5, 5.41) is 9.32. The van der Waals surface area contributed by atoms with E-state index in [4.69, 9.17) is 10.5 Å². The topological polar surface area (TPSA) is 110 Å². The lowest BCUT2D eigenvalue weighted by molar-refractivity contribution is -0.142. The lowest BCUT2D eigenvalue weighted by atomic mass is 10.0. The van der Waals surface area contributed by atoms with Gasteiger partial charge in [0, 0.05) is 19.1 Å². The normalized spacial score (nSPS) is 21.1. The number of carbonyl (C=O) groups is 1. The molecule has 0 unspecified atom stereocenters. The Bertz CT molecular complexity index is 943. The molecule has 2 aromatic rings. The fourth-order valence-corrected chi connectivity index (χ4v) is 4.75. The summed E-state index contributed by atoms with van der Waals surface area (Å²) < 4.78 is 33.0. The Balaban J connectivity index is 1.81. The number of carboxylic acids is 1. The van der Waals surface area contributed by atoms with E-state index in [0.29, 0.717) is 24.3 Å². The van der Waals surface area contributed by atoms with Gasteiger partial charge in [0.25, 0.3) is 0 Å².